The summed E-state index contributed by atoms with van der Waals surface area (Å²) < 4.78 is 9.99. The van der Waals surface area contributed by atoms with Gasteiger partial charge < -0.3 is 14.4 Å². The maximum atomic E-state index is 11.6. The van der Waals surface area contributed by atoms with Crippen LogP contribution in [0.1, 0.15) is 66.2 Å². The minimum Gasteiger partial charge on any atom is -0.466 e. The fourth-order valence-corrected chi connectivity index (χ4v) is 2.54. The first-order valence-corrected chi connectivity index (χ1v) is 9.10. The molecule has 0 amide bonds. The highest BCUT2D eigenvalue weighted by atomic mass is 16.5. The predicted octanol–water partition coefficient (Wildman–Crippen LogP) is 3.41. The van der Waals surface area contributed by atoms with E-state index in [0.717, 1.165) is 13.0 Å². The zero-order chi connectivity index (χ0) is 17.5. The van der Waals surface area contributed by atoms with Gasteiger partial charge in [-0.1, -0.05) is 33.1 Å². The van der Waals surface area contributed by atoms with Crippen molar-refractivity contribution < 1.29 is 19.1 Å². The number of unbranched alkanes of at least 4 members (excludes halogenated alkanes) is 1. The van der Waals surface area contributed by atoms with Gasteiger partial charge in [0.05, 0.1) is 26.1 Å². The summed E-state index contributed by atoms with van der Waals surface area (Å²) in [5.41, 5.74) is 0. The molecule has 0 N–H and O–H groups in total. The van der Waals surface area contributed by atoms with Crippen LogP contribution in [0.15, 0.2) is 0 Å². The number of carbonyl (C=O) groups is 2. The molecule has 0 spiro atoms. The molecule has 5 nitrogen and oxygen atoms in total. The summed E-state index contributed by atoms with van der Waals surface area (Å²) in [4.78, 5) is 25.4. The van der Waals surface area contributed by atoms with E-state index in [1.54, 1.807) is 0 Å². The van der Waals surface area contributed by atoms with Gasteiger partial charge in [0, 0.05) is 19.6 Å². The first kappa shape index (κ1) is 21.9. The van der Waals surface area contributed by atoms with E-state index in [1.165, 1.54) is 19.3 Å². The van der Waals surface area contributed by atoms with Crippen molar-refractivity contribution in [2.45, 2.75) is 66.2 Å². The van der Waals surface area contributed by atoms with Gasteiger partial charge >= 0.3 is 11.9 Å². The van der Waals surface area contributed by atoms with Crippen molar-refractivity contribution in [1.29, 1.82) is 0 Å². The number of carbonyl (C=O) groups excluding carboxylic acids is 2. The van der Waals surface area contributed by atoms with E-state index < -0.39 is 0 Å². The molecule has 0 fully saturated rings. The predicted molar refractivity (Wildman–Crippen MR) is 92.2 cm³/mol. The van der Waals surface area contributed by atoms with Crippen molar-refractivity contribution >= 4 is 11.9 Å². The van der Waals surface area contributed by atoms with E-state index in [9.17, 15) is 9.59 Å². The molecular weight excluding hydrogens is 294 g/mol. The molecule has 0 rings (SSSR count). The molecule has 0 aliphatic heterocycles. The lowest BCUT2D eigenvalue weighted by Crippen LogP contribution is -2.34. The summed E-state index contributed by atoms with van der Waals surface area (Å²) in [6.45, 7) is 11.1. The third kappa shape index (κ3) is 12.0. The lowest BCUT2D eigenvalue weighted by molar-refractivity contribution is -0.143. The molecular formula is C18H35NO4. The largest absolute Gasteiger partial charge is 0.466 e. The number of hydrogen-bond donors (Lipinski definition) is 0. The maximum Gasteiger partial charge on any atom is 0.307 e. The van der Waals surface area contributed by atoms with Crippen molar-refractivity contribution in [3.05, 3.63) is 0 Å². The van der Waals surface area contributed by atoms with Gasteiger partial charge in [0.15, 0.2) is 0 Å². The quantitative estimate of drug-likeness (QED) is 0.457. The molecule has 136 valence electrons. The van der Waals surface area contributed by atoms with Gasteiger partial charge in [0.25, 0.3) is 0 Å². The number of rotatable bonds is 14. The van der Waals surface area contributed by atoms with E-state index in [1.807, 2.05) is 13.8 Å². The van der Waals surface area contributed by atoms with Gasteiger partial charge in [-0.05, 0) is 26.2 Å². The molecule has 0 aromatic rings. The fourth-order valence-electron chi connectivity index (χ4n) is 2.54. The van der Waals surface area contributed by atoms with Gasteiger partial charge in [0.1, 0.15) is 0 Å². The maximum absolute atomic E-state index is 11.6. The standard InChI is InChI=1S/C18H35NO4/c1-5-9-10-16(6-2)15-19(13-11-17(20)22-7-3)14-12-18(21)23-8-4/h16H,5-15H2,1-4H3. The van der Waals surface area contributed by atoms with Crippen LogP contribution in [0.2, 0.25) is 0 Å². The number of hydrogen-bond acceptors (Lipinski definition) is 5. The lowest BCUT2D eigenvalue weighted by atomic mass is 9.98. The van der Waals surface area contributed by atoms with E-state index in [4.69, 9.17) is 9.47 Å². The minimum atomic E-state index is -0.171. The number of ether oxygens (including phenoxy) is 2. The average Bonchev–Trinajstić information content (AvgIpc) is 2.53. The molecule has 0 heterocycles. The average molecular weight is 329 g/mol. The Labute approximate surface area is 141 Å². The van der Waals surface area contributed by atoms with E-state index in [-0.39, 0.29) is 11.9 Å². The monoisotopic (exact) mass is 329 g/mol. The van der Waals surface area contributed by atoms with Crippen LogP contribution in [0, 0.1) is 5.92 Å². The second-order valence-corrected chi connectivity index (χ2v) is 5.83. The van der Waals surface area contributed by atoms with Crippen molar-refractivity contribution in [2.75, 3.05) is 32.8 Å². The van der Waals surface area contributed by atoms with Gasteiger partial charge in [0.2, 0.25) is 0 Å². The Morgan fingerprint density at radius 3 is 1.83 bits per heavy atom. The van der Waals surface area contributed by atoms with Crippen LogP contribution in [-0.2, 0) is 19.1 Å². The van der Waals surface area contributed by atoms with Crippen molar-refractivity contribution in [3.63, 3.8) is 0 Å². The number of esters is 2. The summed E-state index contributed by atoms with van der Waals surface area (Å²) >= 11 is 0. The normalized spacial score (nSPS) is 12.2. The molecule has 0 aromatic heterocycles. The Bertz CT molecular complexity index is 298. The van der Waals surface area contributed by atoms with Crippen molar-refractivity contribution in [3.8, 4) is 0 Å². The van der Waals surface area contributed by atoms with Crippen LogP contribution in [0.5, 0.6) is 0 Å². The second-order valence-electron chi connectivity index (χ2n) is 5.83. The fraction of sp³-hybridized carbons (Fsp3) is 0.889. The van der Waals surface area contributed by atoms with Crippen LogP contribution >= 0.6 is 0 Å². The van der Waals surface area contributed by atoms with Crippen LogP contribution in [0.25, 0.3) is 0 Å². The molecule has 0 saturated carbocycles. The molecule has 1 unspecified atom stereocenters. The molecule has 1 atom stereocenters. The third-order valence-corrected chi connectivity index (χ3v) is 3.93. The summed E-state index contributed by atoms with van der Waals surface area (Å²) in [7, 11) is 0. The zero-order valence-corrected chi connectivity index (χ0v) is 15.4. The minimum absolute atomic E-state index is 0.171. The van der Waals surface area contributed by atoms with Gasteiger partial charge in [-0.3, -0.25) is 9.59 Å². The Morgan fingerprint density at radius 2 is 1.43 bits per heavy atom. The first-order chi connectivity index (χ1) is 11.1. The third-order valence-electron chi connectivity index (χ3n) is 3.93. The van der Waals surface area contributed by atoms with Gasteiger partial charge in [-0.15, -0.1) is 0 Å². The van der Waals surface area contributed by atoms with Crippen LogP contribution in [0.3, 0.4) is 0 Å². The first-order valence-electron chi connectivity index (χ1n) is 9.10. The van der Waals surface area contributed by atoms with Gasteiger partial charge in [-0.25, -0.2) is 0 Å². The van der Waals surface area contributed by atoms with E-state index in [2.05, 4.69) is 18.7 Å². The smallest absolute Gasteiger partial charge is 0.307 e. The molecule has 23 heavy (non-hydrogen) atoms. The summed E-state index contributed by atoms with van der Waals surface area (Å²) in [5.74, 6) is 0.268. The molecule has 0 aromatic carbocycles. The Morgan fingerprint density at radius 1 is 0.913 bits per heavy atom. The number of nitrogens with zero attached hydrogens (tertiary/aromatic N) is 1. The van der Waals surface area contributed by atoms with Crippen molar-refractivity contribution in [1.82, 2.24) is 4.90 Å². The zero-order valence-electron chi connectivity index (χ0n) is 15.4. The molecule has 5 heteroatoms. The topological polar surface area (TPSA) is 55.8 Å². The molecule has 0 radical (unpaired) electrons. The Hall–Kier alpha value is -1.10. The summed E-state index contributed by atoms with van der Waals surface area (Å²) in [6, 6.07) is 0. The van der Waals surface area contributed by atoms with Crippen molar-refractivity contribution in [2.24, 2.45) is 5.92 Å². The Kier molecular flexibility index (Phi) is 13.8. The molecule has 0 saturated heterocycles. The molecule has 0 aliphatic rings. The second kappa shape index (κ2) is 14.5. The highest BCUT2D eigenvalue weighted by Gasteiger charge is 2.16. The SMILES string of the molecule is CCCCC(CC)CN(CCC(=O)OCC)CCC(=O)OCC. The van der Waals surface area contributed by atoms with Crippen LogP contribution in [-0.4, -0.2) is 49.7 Å². The molecule has 0 bridgehead atoms. The molecule has 0 aliphatic carbocycles. The summed E-state index contributed by atoms with van der Waals surface area (Å²) in [6.07, 6.45) is 5.49. The summed E-state index contributed by atoms with van der Waals surface area (Å²) in [5, 5.41) is 0. The van der Waals surface area contributed by atoms with E-state index >= 15 is 0 Å². The van der Waals surface area contributed by atoms with Crippen LogP contribution < -0.4 is 0 Å². The Balaban J connectivity index is 4.44. The highest BCUT2D eigenvalue weighted by molar-refractivity contribution is 5.70. The van der Waals surface area contributed by atoms with E-state index in [0.29, 0.717) is 45.1 Å². The van der Waals surface area contributed by atoms with Crippen LogP contribution in [0.4, 0.5) is 0 Å². The van der Waals surface area contributed by atoms with Gasteiger partial charge in [-0.2, -0.15) is 0 Å². The lowest BCUT2D eigenvalue weighted by Gasteiger charge is -2.26. The highest BCUT2D eigenvalue weighted by Crippen LogP contribution is 2.15.